The Morgan fingerprint density at radius 3 is 2.79 bits per heavy atom. The molecule has 2 heteroatoms. The van der Waals surface area contributed by atoms with Crippen LogP contribution in [0.5, 0.6) is 5.75 Å². The van der Waals surface area contributed by atoms with Gasteiger partial charge in [-0.3, -0.25) is 0 Å². The average molecular weight is 185 g/mol. The van der Waals surface area contributed by atoms with E-state index in [2.05, 4.69) is 11.6 Å². The maximum Gasteiger partial charge on any atom is 0.142 e. The second-order valence-electron chi connectivity index (χ2n) is 3.33. The maximum absolute atomic E-state index is 9.66. The van der Waals surface area contributed by atoms with Crippen molar-refractivity contribution in [1.82, 2.24) is 4.98 Å². The summed E-state index contributed by atoms with van der Waals surface area (Å²) in [6, 6.07) is 9.40. The molecule has 0 fully saturated rings. The molecular weight excluding hydrogens is 174 g/mol. The van der Waals surface area contributed by atoms with E-state index in [1.54, 1.807) is 6.07 Å². The van der Waals surface area contributed by atoms with E-state index in [0.717, 1.165) is 16.5 Å². The molecule has 0 unspecified atom stereocenters. The highest BCUT2D eigenvalue weighted by Crippen LogP contribution is 2.25. The van der Waals surface area contributed by atoms with Crippen LogP contribution in [0.15, 0.2) is 36.9 Å². The van der Waals surface area contributed by atoms with Crippen molar-refractivity contribution in [3.8, 4) is 5.75 Å². The second-order valence-corrected chi connectivity index (χ2v) is 3.33. The lowest BCUT2D eigenvalue weighted by atomic mass is 10.1. The summed E-state index contributed by atoms with van der Waals surface area (Å²) in [5.41, 5.74) is 2.22. The number of rotatable bonds is 1. The number of aromatic nitrogens is 1. The molecule has 0 amide bonds. The van der Waals surface area contributed by atoms with Gasteiger partial charge in [-0.2, -0.15) is 0 Å². The van der Waals surface area contributed by atoms with Gasteiger partial charge in [0.15, 0.2) is 0 Å². The quantitative estimate of drug-likeness (QED) is 0.740. The van der Waals surface area contributed by atoms with Crippen LogP contribution in [0, 0.1) is 0 Å². The van der Waals surface area contributed by atoms with Crippen molar-refractivity contribution in [2.45, 2.75) is 6.92 Å². The minimum absolute atomic E-state index is 0.191. The highest BCUT2D eigenvalue weighted by atomic mass is 16.3. The number of allylic oxidation sites excluding steroid dienone is 1. The fraction of sp³-hybridized carbons (Fsp3) is 0.0833. The third kappa shape index (κ3) is 1.35. The lowest BCUT2D eigenvalue weighted by Crippen LogP contribution is -1.87. The Balaban J connectivity index is 2.77. The van der Waals surface area contributed by atoms with Gasteiger partial charge in [-0.1, -0.05) is 24.8 Å². The summed E-state index contributed by atoms with van der Waals surface area (Å²) in [6.07, 6.45) is 0. The minimum Gasteiger partial charge on any atom is -0.506 e. The zero-order valence-corrected chi connectivity index (χ0v) is 7.99. The molecule has 2 nitrogen and oxygen atoms in total. The zero-order chi connectivity index (χ0) is 10.1. The molecular formula is C12H11NO. The number of pyridine rings is 1. The normalized spacial score (nSPS) is 10.4. The Bertz CT molecular complexity index is 503. The minimum atomic E-state index is 0.191. The van der Waals surface area contributed by atoms with Crippen molar-refractivity contribution < 1.29 is 5.11 Å². The van der Waals surface area contributed by atoms with Crippen LogP contribution in [-0.4, -0.2) is 10.1 Å². The molecule has 70 valence electrons. The largest absolute Gasteiger partial charge is 0.506 e. The van der Waals surface area contributed by atoms with Crippen LogP contribution in [0.4, 0.5) is 0 Å². The number of fused-ring (bicyclic) bond motifs is 1. The topological polar surface area (TPSA) is 33.1 Å². The zero-order valence-electron chi connectivity index (χ0n) is 7.99. The number of nitrogens with zero attached hydrogens (tertiary/aromatic N) is 1. The monoisotopic (exact) mass is 185 g/mol. The van der Waals surface area contributed by atoms with E-state index < -0.39 is 0 Å². The number of hydrogen-bond donors (Lipinski definition) is 1. The smallest absolute Gasteiger partial charge is 0.142 e. The Kier molecular flexibility index (Phi) is 1.97. The van der Waals surface area contributed by atoms with E-state index >= 15 is 0 Å². The lowest BCUT2D eigenvalue weighted by molar-refractivity contribution is 0.472. The molecule has 1 aromatic carbocycles. The van der Waals surface area contributed by atoms with Crippen LogP contribution in [0.25, 0.3) is 16.5 Å². The van der Waals surface area contributed by atoms with Gasteiger partial charge in [0.1, 0.15) is 11.4 Å². The van der Waals surface area contributed by atoms with Crippen molar-refractivity contribution >= 4 is 16.5 Å². The Morgan fingerprint density at radius 2 is 2.07 bits per heavy atom. The van der Waals surface area contributed by atoms with Crippen molar-refractivity contribution in [2.75, 3.05) is 0 Å². The SMILES string of the molecule is C=C(C)c1nc2ccccc2cc1O. The van der Waals surface area contributed by atoms with Crippen molar-refractivity contribution in [3.63, 3.8) is 0 Å². The third-order valence-corrected chi connectivity index (χ3v) is 2.11. The van der Waals surface area contributed by atoms with Crippen LogP contribution < -0.4 is 0 Å². The molecule has 0 bridgehead atoms. The van der Waals surface area contributed by atoms with E-state index in [1.807, 2.05) is 31.2 Å². The summed E-state index contributed by atoms with van der Waals surface area (Å²) < 4.78 is 0. The number of benzene rings is 1. The molecule has 0 aliphatic carbocycles. The van der Waals surface area contributed by atoms with E-state index in [-0.39, 0.29) is 5.75 Å². The Labute approximate surface area is 82.5 Å². The van der Waals surface area contributed by atoms with Gasteiger partial charge in [-0.15, -0.1) is 0 Å². The molecule has 2 rings (SSSR count). The number of aromatic hydroxyl groups is 1. The molecule has 1 aromatic heterocycles. The molecule has 0 radical (unpaired) electrons. The maximum atomic E-state index is 9.66. The molecule has 2 aromatic rings. The van der Waals surface area contributed by atoms with Gasteiger partial charge in [-0.25, -0.2) is 4.98 Å². The first-order valence-electron chi connectivity index (χ1n) is 4.43. The van der Waals surface area contributed by atoms with Crippen LogP contribution in [0.2, 0.25) is 0 Å². The fourth-order valence-corrected chi connectivity index (χ4v) is 1.42. The summed E-state index contributed by atoms with van der Waals surface area (Å²) >= 11 is 0. The van der Waals surface area contributed by atoms with Gasteiger partial charge in [-0.05, 0) is 24.6 Å². The van der Waals surface area contributed by atoms with E-state index in [0.29, 0.717) is 5.69 Å². The summed E-state index contributed by atoms with van der Waals surface area (Å²) in [5, 5.41) is 10.6. The molecule has 0 aliphatic rings. The summed E-state index contributed by atoms with van der Waals surface area (Å²) in [7, 11) is 0. The molecule has 0 aliphatic heterocycles. The van der Waals surface area contributed by atoms with Gasteiger partial charge < -0.3 is 5.11 Å². The van der Waals surface area contributed by atoms with Crippen LogP contribution >= 0.6 is 0 Å². The lowest BCUT2D eigenvalue weighted by Gasteiger charge is -2.04. The number of hydrogen-bond acceptors (Lipinski definition) is 2. The first-order valence-corrected chi connectivity index (χ1v) is 4.43. The first kappa shape index (κ1) is 8.75. The molecule has 0 atom stereocenters. The summed E-state index contributed by atoms with van der Waals surface area (Å²) in [4.78, 5) is 4.32. The van der Waals surface area contributed by atoms with Crippen molar-refractivity contribution in [3.05, 3.63) is 42.6 Å². The standard InChI is InChI=1S/C12H11NO/c1-8(2)12-11(14)7-9-5-3-4-6-10(9)13-12/h3-7,14H,1H2,2H3. The molecule has 14 heavy (non-hydrogen) atoms. The van der Waals surface area contributed by atoms with Crippen molar-refractivity contribution in [1.29, 1.82) is 0 Å². The van der Waals surface area contributed by atoms with Gasteiger partial charge in [0.25, 0.3) is 0 Å². The Hall–Kier alpha value is -1.83. The summed E-state index contributed by atoms with van der Waals surface area (Å²) in [5.74, 6) is 0.191. The highest BCUT2D eigenvalue weighted by molar-refractivity contribution is 5.83. The third-order valence-electron chi connectivity index (χ3n) is 2.11. The van der Waals surface area contributed by atoms with Gasteiger partial charge >= 0.3 is 0 Å². The Morgan fingerprint density at radius 1 is 1.36 bits per heavy atom. The predicted molar refractivity (Wildman–Crippen MR) is 58.1 cm³/mol. The average Bonchev–Trinajstić information content (AvgIpc) is 2.16. The molecule has 1 heterocycles. The fourth-order valence-electron chi connectivity index (χ4n) is 1.42. The molecule has 0 saturated carbocycles. The summed E-state index contributed by atoms with van der Waals surface area (Å²) in [6.45, 7) is 5.60. The van der Waals surface area contributed by atoms with Gasteiger partial charge in [0.2, 0.25) is 0 Å². The van der Waals surface area contributed by atoms with Gasteiger partial charge in [0, 0.05) is 5.39 Å². The van der Waals surface area contributed by atoms with Gasteiger partial charge in [0.05, 0.1) is 5.52 Å². The second kappa shape index (κ2) is 3.14. The van der Waals surface area contributed by atoms with E-state index in [9.17, 15) is 5.11 Å². The van der Waals surface area contributed by atoms with E-state index in [1.165, 1.54) is 0 Å². The van der Waals surface area contributed by atoms with Crippen LogP contribution in [0.1, 0.15) is 12.6 Å². The highest BCUT2D eigenvalue weighted by Gasteiger charge is 2.05. The first-order chi connectivity index (χ1) is 6.68. The van der Waals surface area contributed by atoms with Crippen LogP contribution in [0.3, 0.4) is 0 Å². The molecule has 0 spiro atoms. The number of para-hydroxylation sites is 1. The van der Waals surface area contributed by atoms with Crippen molar-refractivity contribution in [2.24, 2.45) is 0 Å². The predicted octanol–water partition coefficient (Wildman–Crippen LogP) is 2.97. The van der Waals surface area contributed by atoms with E-state index in [4.69, 9.17) is 0 Å². The molecule has 0 saturated heterocycles. The van der Waals surface area contributed by atoms with Crippen LogP contribution in [-0.2, 0) is 0 Å². The molecule has 1 N–H and O–H groups in total.